The molecule has 1 saturated heterocycles. The molecule has 166 valence electrons. The number of H-pyrrole nitrogens is 1. The minimum absolute atomic E-state index is 0.0402. The first-order valence-electron chi connectivity index (χ1n) is 10.7. The molecule has 32 heavy (non-hydrogen) atoms. The van der Waals surface area contributed by atoms with E-state index in [1.165, 1.54) is 0 Å². The van der Waals surface area contributed by atoms with Crippen LogP contribution in [-0.4, -0.2) is 63.8 Å². The van der Waals surface area contributed by atoms with Crippen molar-refractivity contribution in [3.63, 3.8) is 0 Å². The molecular formula is C21H24N8O3. The molecule has 0 aromatic carbocycles. The molecule has 1 aliphatic carbocycles. The van der Waals surface area contributed by atoms with Crippen molar-refractivity contribution in [2.24, 2.45) is 11.8 Å². The Morgan fingerprint density at radius 2 is 2.22 bits per heavy atom. The van der Waals surface area contributed by atoms with E-state index in [2.05, 4.69) is 42.2 Å². The maximum Gasteiger partial charge on any atom is 0.418 e. The van der Waals surface area contributed by atoms with E-state index in [9.17, 15) is 4.79 Å². The predicted molar refractivity (Wildman–Crippen MR) is 117 cm³/mol. The molecule has 1 saturated carbocycles. The number of nitrogens with zero attached hydrogens (tertiary/aromatic N) is 6. The number of ether oxygens (including phenoxy) is 1. The summed E-state index contributed by atoms with van der Waals surface area (Å²) >= 11 is 0. The van der Waals surface area contributed by atoms with Crippen molar-refractivity contribution < 1.29 is 14.1 Å². The van der Waals surface area contributed by atoms with E-state index >= 15 is 0 Å². The lowest BCUT2D eigenvalue weighted by Gasteiger charge is -2.30. The molecule has 11 nitrogen and oxygen atoms in total. The minimum Gasteiger partial charge on any atom is -0.449 e. The number of rotatable bonds is 5. The first-order chi connectivity index (χ1) is 15.6. The van der Waals surface area contributed by atoms with Gasteiger partial charge in [0.25, 0.3) is 5.95 Å². The maximum atomic E-state index is 12.6. The molecule has 3 aromatic rings. The van der Waals surface area contributed by atoms with Crippen LogP contribution in [-0.2, 0) is 0 Å². The van der Waals surface area contributed by atoms with E-state index in [1.807, 2.05) is 24.1 Å². The highest BCUT2D eigenvalue weighted by Gasteiger charge is 2.44. The summed E-state index contributed by atoms with van der Waals surface area (Å²) in [5.74, 6) is 0.933. The Hall–Kier alpha value is -3.81. The molecule has 4 heterocycles. The third-order valence-electron chi connectivity index (χ3n) is 6.47. The van der Waals surface area contributed by atoms with Crippen molar-refractivity contribution in [3.8, 4) is 6.08 Å². The molecular weight excluding hydrogens is 412 g/mol. The fraction of sp³-hybridized carbons (Fsp3) is 0.476. The molecule has 3 aromatic heterocycles. The molecule has 11 heteroatoms. The van der Waals surface area contributed by atoms with Gasteiger partial charge in [-0.05, 0) is 42.8 Å². The molecule has 3 atom stereocenters. The first kappa shape index (κ1) is 20.1. The molecule has 0 spiro atoms. The summed E-state index contributed by atoms with van der Waals surface area (Å²) in [6, 6.07) is 2.05. The molecule has 0 radical (unpaired) electrons. The van der Waals surface area contributed by atoms with Gasteiger partial charge in [0.1, 0.15) is 5.65 Å². The molecule has 2 amide bonds. The van der Waals surface area contributed by atoms with E-state index in [4.69, 9.17) is 15.8 Å². The Bertz CT molecular complexity index is 1170. The molecule has 2 fully saturated rings. The van der Waals surface area contributed by atoms with Crippen molar-refractivity contribution >= 4 is 34.4 Å². The van der Waals surface area contributed by atoms with Gasteiger partial charge in [0, 0.05) is 44.0 Å². The summed E-state index contributed by atoms with van der Waals surface area (Å²) in [6.45, 7) is 11.2. The number of carbonyl (C=O) groups is 1. The highest BCUT2D eigenvalue weighted by molar-refractivity contribution is 5.97. The fourth-order valence-electron chi connectivity index (χ4n) is 4.99. The number of hydrogen-bond acceptors (Lipinski definition) is 7. The lowest BCUT2D eigenvalue weighted by molar-refractivity contribution is 0.214. The molecule has 1 aliphatic heterocycles. The Kier molecular flexibility index (Phi) is 5.05. The fourth-order valence-corrected chi connectivity index (χ4v) is 4.99. The summed E-state index contributed by atoms with van der Waals surface area (Å²) in [5, 5.41) is 7.36. The largest absolute Gasteiger partial charge is 0.449 e. The van der Waals surface area contributed by atoms with Crippen molar-refractivity contribution in [2.75, 3.05) is 37.0 Å². The average Bonchev–Trinajstić information content (AvgIpc) is 3.55. The van der Waals surface area contributed by atoms with Gasteiger partial charge in [0.2, 0.25) is 5.69 Å². The van der Waals surface area contributed by atoms with Crippen LogP contribution in [0.2, 0.25) is 0 Å². The first-order valence-corrected chi connectivity index (χ1v) is 10.7. The van der Waals surface area contributed by atoms with E-state index < -0.39 is 0 Å². The Morgan fingerprint density at radius 1 is 1.44 bits per heavy atom. The minimum atomic E-state index is -0.230. The summed E-state index contributed by atoms with van der Waals surface area (Å²) in [5.41, 5.74) is 2.27. The number of pyridine rings is 1. The van der Waals surface area contributed by atoms with Crippen LogP contribution >= 0.6 is 0 Å². The maximum absolute atomic E-state index is 12.6. The number of amides is 2. The molecule has 2 aliphatic rings. The van der Waals surface area contributed by atoms with Gasteiger partial charge in [-0.2, -0.15) is 0 Å². The van der Waals surface area contributed by atoms with Crippen LogP contribution in [0.4, 0.5) is 22.1 Å². The second-order valence-electron chi connectivity index (χ2n) is 8.25. The molecule has 1 unspecified atom stereocenters. The van der Waals surface area contributed by atoms with Crippen molar-refractivity contribution in [1.29, 1.82) is 0 Å². The predicted octanol–water partition coefficient (Wildman–Crippen LogP) is 3.27. The van der Waals surface area contributed by atoms with Crippen LogP contribution in [0.1, 0.15) is 19.8 Å². The van der Waals surface area contributed by atoms with Crippen LogP contribution in [0.5, 0.6) is 6.08 Å². The smallest absolute Gasteiger partial charge is 0.418 e. The summed E-state index contributed by atoms with van der Waals surface area (Å²) in [4.78, 5) is 31.8. The SMILES string of the molecule is [C-]#[N+]c1cnc2[nH]ccc2c1N(C)C1C[C@@H]2CN(C(=O)Nc3noc(OCC)n3)C[C@@H]2C1. The number of fused-ring (bicyclic) bond motifs is 2. The van der Waals surface area contributed by atoms with Gasteiger partial charge in [-0.15, -0.1) is 4.98 Å². The zero-order valence-corrected chi connectivity index (χ0v) is 17.9. The zero-order chi connectivity index (χ0) is 22.2. The summed E-state index contributed by atoms with van der Waals surface area (Å²) < 4.78 is 10.0. The van der Waals surface area contributed by atoms with Crippen molar-refractivity contribution in [3.05, 3.63) is 29.9 Å². The number of aromatic amines is 1. The van der Waals surface area contributed by atoms with E-state index in [1.54, 1.807) is 6.20 Å². The zero-order valence-electron chi connectivity index (χ0n) is 17.9. The standard InChI is InChI=1S/C21H24N8O3/c1-4-31-21-26-19(27-32-21)25-20(30)29-10-12-7-14(8-13(12)11-29)28(3)17-15-5-6-23-18(15)24-9-16(17)22-2/h5-6,9,12-14H,4,7-8,10-11H2,1,3H3,(H,23,24)(H,25,27,30)/t12-,13+,14?. The van der Waals surface area contributed by atoms with Crippen LogP contribution in [0, 0.1) is 18.4 Å². The van der Waals surface area contributed by atoms with E-state index in [0.29, 0.717) is 43.3 Å². The number of carbonyl (C=O) groups excluding carboxylic acids is 1. The van der Waals surface area contributed by atoms with Gasteiger partial charge >= 0.3 is 12.1 Å². The van der Waals surface area contributed by atoms with Crippen LogP contribution in [0.25, 0.3) is 15.9 Å². The number of anilines is 2. The highest BCUT2D eigenvalue weighted by Crippen LogP contribution is 2.44. The number of aromatic nitrogens is 4. The number of urea groups is 1. The van der Waals surface area contributed by atoms with Crippen LogP contribution < -0.4 is 15.0 Å². The number of nitrogens with one attached hydrogen (secondary N) is 2. The Morgan fingerprint density at radius 3 is 2.94 bits per heavy atom. The van der Waals surface area contributed by atoms with Gasteiger partial charge < -0.3 is 19.5 Å². The van der Waals surface area contributed by atoms with Crippen LogP contribution in [0.3, 0.4) is 0 Å². The van der Waals surface area contributed by atoms with Gasteiger partial charge in [0.05, 0.1) is 18.9 Å². The van der Waals surface area contributed by atoms with Crippen molar-refractivity contribution in [2.45, 2.75) is 25.8 Å². The lowest BCUT2D eigenvalue weighted by Crippen LogP contribution is -2.36. The van der Waals surface area contributed by atoms with Gasteiger partial charge in [-0.1, -0.05) is 0 Å². The van der Waals surface area contributed by atoms with Gasteiger partial charge in [0.15, 0.2) is 0 Å². The Labute approximate surface area is 184 Å². The Balaban J connectivity index is 1.24. The topological polar surface area (TPSA) is 117 Å². The monoisotopic (exact) mass is 436 g/mol. The third-order valence-corrected chi connectivity index (χ3v) is 6.47. The lowest BCUT2D eigenvalue weighted by atomic mass is 10.0. The third kappa shape index (κ3) is 3.47. The number of hydrogen-bond donors (Lipinski definition) is 2. The average molecular weight is 436 g/mol. The van der Waals surface area contributed by atoms with Crippen molar-refractivity contribution in [1.82, 2.24) is 25.0 Å². The second-order valence-corrected chi connectivity index (χ2v) is 8.25. The van der Waals surface area contributed by atoms with E-state index in [0.717, 1.165) is 29.6 Å². The highest BCUT2D eigenvalue weighted by atomic mass is 16.6. The summed E-state index contributed by atoms with van der Waals surface area (Å²) in [7, 11) is 2.05. The summed E-state index contributed by atoms with van der Waals surface area (Å²) in [6.07, 6.45) is 5.46. The molecule has 5 rings (SSSR count). The van der Waals surface area contributed by atoms with Gasteiger partial charge in [-0.3, -0.25) is 14.8 Å². The normalized spacial score (nSPS) is 22.0. The van der Waals surface area contributed by atoms with E-state index in [-0.39, 0.29) is 18.1 Å². The molecule has 0 bridgehead atoms. The van der Waals surface area contributed by atoms with Crippen LogP contribution in [0.15, 0.2) is 23.0 Å². The van der Waals surface area contributed by atoms with Gasteiger partial charge in [-0.25, -0.2) is 9.64 Å². The number of likely N-dealkylation sites (tertiary alicyclic amines) is 1. The molecule has 2 N–H and O–H groups in total. The quantitative estimate of drug-likeness (QED) is 0.590. The second kappa shape index (κ2) is 8.03.